The van der Waals surface area contributed by atoms with E-state index in [0.29, 0.717) is 6.04 Å². The number of aromatic nitrogens is 1. The van der Waals surface area contributed by atoms with Gasteiger partial charge in [-0.25, -0.2) is 0 Å². The Kier molecular flexibility index (Phi) is 4.07. The fourth-order valence-electron chi connectivity index (χ4n) is 2.73. The molecule has 18 heavy (non-hydrogen) atoms. The van der Waals surface area contributed by atoms with Crippen molar-refractivity contribution in [2.45, 2.75) is 44.7 Å². The van der Waals surface area contributed by atoms with E-state index in [1.165, 1.54) is 19.3 Å². The lowest BCUT2D eigenvalue weighted by Crippen LogP contribution is -2.23. The second-order valence-electron chi connectivity index (χ2n) is 5.45. The van der Waals surface area contributed by atoms with E-state index in [-0.39, 0.29) is 11.2 Å². The SMILES string of the molecule is CN(C)Cc1cc(=O)c(O)cn1C1CCCCC1. The van der Waals surface area contributed by atoms with Crippen LogP contribution in [-0.4, -0.2) is 28.7 Å². The molecule has 1 saturated carbocycles. The first kappa shape index (κ1) is 13.1. The molecule has 0 saturated heterocycles. The molecule has 4 heteroatoms. The van der Waals surface area contributed by atoms with Gasteiger partial charge in [0.1, 0.15) is 0 Å². The zero-order valence-electron chi connectivity index (χ0n) is 11.2. The summed E-state index contributed by atoms with van der Waals surface area (Å²) in [5, 5.41) is 9.64. The Hall–Kier alpha value is -1.29. The van der Waals surface area contributed by atoms with Crippen LogP contribution in [0.15, 0.2) is 17.1 Å². The van der Waals surface area contributed by atoms with Crippen LogP contribution < -0.4 is 5.43 Å². The highest BCUT2D eigenvalue weighted by atomic mass is 16.3. The number of rotatable bonds is 3. The molecule has 0 bridgehead atoms. The lowest BCUT2D eigenvalue weighted by atomic mass is 9.95. The Bertz CT molecular complexity index is 459. The lowest BCUT2D eigenvalue weighted by molar-refractivity contribution is 0.317. The number of aromatic hydroxyl groups is 1. The molecule has 1 fully saturated rings. The van der Waals surface area contributed by atoms with Crippen LogP contribution in [0.5, 0.6) is 5.75 Å². The smallest absolute Gasteiger partial charge is 0.223 e. The summed E-state index contributed by atoms with van der Waals surface area (Å²) < 4.78 is 2.11. The predicted molar refractivity (Wildman–Crippen MR) is 71.9 cm³/mol. The summed E-state index contributed by atoms with van der Waals surface area (Å²) in [6, 6.07) is 2.00. The molecule has 0 aromatic carbocycles. The topological polar surface area (TPSA) is 45.5 Å². The van der Waals surface area contributed by atoms with Crippen molar-refractivity contribution < 1.29 is 5.11 Å². The Balaban J connectivity index is 2.36. The Morgan fingerprint density at radius 3 is 2.61 bits per heavy atom. The Morgan fingerprint density at radius 2 is 2.00 bits per heavy atom. The maximum absolute atomic E-state index is 11.6. The van der Waals surface area contributed by atoms with E-state index < -0.39 is 0 Å². The van der Waals surface area contributed by atoms with Crippen molar-refractivity contribution in [1.82, 2.24) is 9.47 Å². The van der Waals surface area contributed by atoms with Gasteiger partial charge in [0.25, 0.3) is 0 Å². The van der Waals surface area contributed by atoms with E-state index in [1.807, 2.05) is 19.0 Å². The molecule has 1 N–H and O–H groups in total. The molecular formula is C14H22N2O2. The quantitative estimate of drug-likeness (QED) is 0.893. The molecule has 1 heterocycles. The fourth-order valence-corrected chi connectivity index (χ4v) is 2.73. The fraction of sp³-hybridized carbons (Fsp3) is 0.643. The van der Waals surface area contributed by atoms with Crippen molar-refractivity contribution in [3.8, 4) is 5.75 Å². The molecule has 0 spiro atoms. The number of pyridine rings is 1. The van der Waals surface area contributed by atoms with Crippen LogP contribution in [0.1, 0.15) is 43.8 Å². The van der Waals surface area contributed by atoms with Crippen LogP contribution in [0.25, 0.3) is 0 Å². The molecule has 0 amide bonds. The zero-order chi connectivity index (χ0) is 13.1. The van der Waals surface area contributed by atoms with E-state index in [1.54, 1.807) is 12.3 Å². The van der Waals surface area contributed by atoms with Gasteiger partial charge in [0.05, 0.1) is 6.20 Å². The van der Waals surface area contributed by atoms with Gasteiger partial charge in [-0.05, 0) is 26.9 Å². The summed E-state index contributed by atoms with van der Waals surface area (Å²) in [5.74, 6) is -0.136. The molecule has 0 atom stereocenters. The third-order valence-electron chi connectivity index (χ3n) is 3.59. The molecule has 100 valence electrons. The van der Waals surface area contributed by atoms with Crippen LogP contribution in [0, 0.1) is 0 Å². The summed E-state index contributed by atoms with van der Waals surface area (Å²) in [6.07, 6.45) is 7.67. The standard InChI is InChI=1S/C14H22N2O2/c1-15(2)9-12-8-13(17)14(18)10-16(12)11-6-4-3-5-7-11/h8,10-11,18H,3-7,9H2,1-2H3. The first-order valence-electron chi connectivity index (χ1n) is 6.66. The molecule has 0 unspecified atom stereocenters. The maximum Gasteiger partial charge on any atom is 0.223 e. The third kappa shape index (κ3) is 2.93. The van der Waals surface area contributed by atoms with Crippen molar-refractivity contribution in [2.75, 3.05) is 14.1 Å². The van der Waals surface area contributed by atoms with Gasteiger partial charge in [0.2, 0.25) is 5.43 Å². The van der Waals surface area contributed by atoms with Gasteiger partial charge >= 0.3 is 0 Å². The highest BCUT2D eigenvalue weighted by molar-refractivity contribution is 5.21. The largest absolute Gasteiger partial charge is 0.503 e. The molecule has 1 aliphatic carbocycles. The molecule has 0 aliphatic heterocycles. The van der Waals surface area contributed by atoms with Crippen LogP contribution in [-0.2, 0) is 6.54 Å². The minimum Gasteiger partial charge on any atom is -0.503 e. The summed E-state index contributed by atoms with van der Waals surface area (Å²) in [5.41, 5.74) is 0.716. The summed E-state index contributed by atoms with van der Waals surface area (Å²) >= 11 is 0. The van der Waals surface area contributed by atoms with Crippen molar-refractivity contribution in [1.29, 1.82) is 0 Å². The van der Waals surface area contributed by atoms with Gasteiger partial charge in [0.15, 0.2) is 5.75 Å². The average Bonchev–Trinajstić information content (AvgIpc) is 2.34. The van der Waals surface area contributed by atoms with Gasteiger partial charge in [-0.1, -0.05) is 19.3 Å². The van der Waals surface area contributed by atoms with Crippen molar-refractivity contribution in [2.24, 2.45) is 0 Å². The monoisotopic (exact) mass is 250 g/mol. The van der Waals surface area contributed by atoms with Gasteiger partial charge in [-0.3, -0.25) is 4.79 Å². The van der Waals surface area contributed by atoms with E-state index in [4.69, 9.17) is 0 Å². The van der Waals surface area contributed by atoms with E-state index in [0.717, 1.165) is 25.1 Å². The first-order chi connectivity index (χ1) is 8.58. The van der Waals surface area contributed by atoms with Gasteiger partial charge in [0, 0.05) is 24.3 Å². The van der Waals surface area contributed by atoms with E-state index in [2.05, 4.69) is 4.57 Å². The third-order valence-corrected chi connectivity index (χ3v) is 3.59. The molecule has 1 aliphatic rings. The second kappa shape index (κ2) is 5.57. The van der Waals surface area contributed by atoms with E-state index in [9.17, 15) is 9.90 Å². The van der Waals surface area contributed by atoms with Crippen LogP contribution in [0.3, 0.4) is 0 Å². The highest BCUT2D eigenvalue weighted by Gasteiger charge is 2.18. The average molecular weight is 250 g/mol. The number of hydrogen-bond donors (Lipinski definition) is 1. The molecular weight excluding hydrogens is 228 g/mol. The molecule has 1 aromatic heterocycles. The molecule has 0 radical (unpaired) electrons. The van der Waals surface area contributed by atoms with Gasteiger partial charge < -0.3 is 14.6 Å². The first-order valence-corrected chi connectivity index (χ1v) is 6.66. The predicted octanol–water partition coefficient (Wildman–Crippen LogP) is 2.12. The maximum atomic E-state index is 11.6. The van der Waals surface area contributed by atoms with Crippen LogP contribution in [0.4, 0.5) is 0 Å². The number of nitrogens with zero attached hydrogens (tertiary/aromatic N) is 2. The minimum atomic E-state index is -0.279. The van der Waals surface area contributed by atoms with E-state index >= 15 is 0 Å². The Labute approximate surface area is 108 Å². The van der Waals surface area contributed by atoms with Crippen molar-refractivity contribution >= 4 is 0 Å². The van der Waals surface area contributed by atoms with Gasteiger partial charge in [-0.2, -0.15) is 0 Å². The summed E-state index contributed by atoms with van der Waals surface area (Å²) in [6.45, 7) is 0.728. The van der Waals surface area contributed by atoms with Gasteiger partial charge in [-0.15, -0.1) is 0 Å². The van der Waals surface area contributed by atoms with Crippen molar-refractivity contribution in [3.05, 3.63) is 28.2 Å². The molecule has 1 aromatic rings. The molecule has 4 nitrogen and oxygen atoms in total. The highest BCUT2D eigenvalue weighted by Crippen LogP contribution is 2.29. The normalized spacial score (nSPS) is 17.3. The summed E-state index contributed by atoms with van der Waals surface area (Å²) in [4.78, 5) is 13.6. The second-order valence-corrected chi connectivity index (χ2v) is 5.45. The van der Waals surface area contributed by atoms with Crippen molar-refractivity contribution in [3.63, 3.8) is 0 Å². The van der Waals surface area contributed by atoms with Crippen LogP contribution in [0.2, 0.25) is 0 Å². The lowest BCUT2D eigenvalue weighted by Gasteiger charge is -2.28. The number of hydrogen-bond acceptors (Lipinski definition) is 3. The summed E-state index contributed by atoms with van der Waals surface area (Å²) in [7, 11) is 3.98. The molecule has 2 rings (SSSR count). The Morgan fingerprint density at radius 1 is 1.33 bits per heavy atom. The van der Waals surface area contributed by atoms with Crippen LogP contribution >= 0.6 is 0 Å². The zero-order valence-corrected chi connectivity index (χ0v) is 11.2. The minimum absolute atomic E-state index is 0.136.